The fourth-order valence-electron chi connectivity index (χ4n) is 2.76. The van der Waals surface area contributed by atoms with Gasteiger partial charge in [-0.1, -0.05) is 12.1 Å². The molecule has 0 spiro atoms. The number of aromatic nitrogens is 2. The van der Waals surface area contributed by atoms with Crippen molar-refractivity contribution in [1.29, 1.82) is 0 Å². The Labute approximate surface area is 146 Å². The van der Waals surface area contributed by atoms with Crippen LogP contribution < -0.4 is 5.32 Å². The predicted octanol–water partition coefficient (Wildman–Crippen LogP) is 3.11. The second kappa shape index (κ2) is 8.67. The van der Waals surface area contributed by atoms with Crippen molar-refractivity contribution in [3.05, 3.63) is 59.4 Å². The van der Waals surface area contributed by atoms with Crippen LogP contribution in [-0.4, -0.2) is 22.5 Å². The highest BCUT2D eigenvalue weighted by atomic mass is 19.1. The first kappa shape index (κ1) is 17.5. The standard InChI is InChI=1S/C19H22FN3O2/c20-16-7-4-14(5-8-16)6-9-18(24)21-11-15-12-22-19(23-13-15)17-3-1-2-10-25-17/h4-5,7-8,12-13,17H,1-3,6,9-11H2,(H,21,24). The summed E-state index contributed by atoms with van der Waals surface area (Å²) in [5.74, 6) is 0.394. The number of benzene rings is 1. The van der Waals surface area contributed by atoms with Gasteiger partial charge in [0.1, 0.15) is 11.9 Å². The van der Waals surface area contributed by atoms with Crippen LogP contribution in [0.25, 0.3) is 0 Å². The first-order valence-electron chi connectivity index (χ1n) is 8.64. The van der Waals surface area contributed by atoms with E-state index in [0.29, 0.717) is 25.2 Å². The van der Waals surface area contributed by atoms with E-state index in [1.165, 1.54) is 12.1 Å². The monoisotopic (exact) mass is 343 g/mol. The highest BCUT2D eigenvalue weighted by Crippen LogP contribution is 2.24. The van der Waals surface area contributed by atoms with Gasteiger partial charge in [-0.15, -0.1) is 0 Å². The molecular weight excluding hydrogens is 321 g/mol. The van der Waals surface area contributed by atoms with E-state index in [-0.39, 0.29) is 17.8 Å². The fraction of sp³-hybridized carbons (Fsp3) is 0.421. The number of nitrogens with zero attached hydrogens (tertiary/aromatic N) is 2. The zero-order chi connectivity index (χ0) is 17.5. The molecule has 1 aliphatic rings. The summed E-state index contributed by atoms with van der Waals surface area (Å²) >= 11 is 0. The Hall–Kier alpha value is -2.34. The normalized spacial score (nSPS) is 17.2. The van der Waals surface area contributed by atoms with Gasteiger partial charge in [-0.2, -0.15) is 0 Å². The van der Waals surface area contributed by atoms with Crippen LogP contribution in [0.3, 0.4) is 0 Å². The number of carbonyl (C=O) groups excluding carboxylic acids is 1. The third-order valence-corrected chi connectivity index (χ3v) is 4.24. The van der Waals surface area contributed by atoms with Gasteiger partial charge in [0.15, 0.2) is 5.82 Å². The van der Waals surface area contributed by atoms with Gasteiger partial charge in [-0.3, -0.25) is 4.79 Å². The minimum atomic E-state index is -0.268. The highest BCUT2D eigenvalue weighted by Gasteiger charge is 2.18. The van der Waals surface area contributed by atoms with Crippen molar-refractivity contribution in [1.82, 2.24) is 15.3 Å². The van der Waals surface area contributed by atoms with Gasteiger partial charge in [-0.05, 0) is 43.4 Å². The first-order valence-corrected chi connectivity index (χ1v) is 8.64. The Kier molecular flexibility index (Phi) is 6.06. The molecule has 1 aromatic heterocycles. The lowest BCUT2D eigenvalue weighted by molar-refractivity contribution is -0.121. The van der Waals surface area contributed by atoms with E-state index < -0.39 is 0 Å². The summed E-state index contributed by atoms with van der Waals surface area (Å²) in [5.41, 5.74) is 1.80. The average molecular weight is 343 g/mol. The van der Waals surface area contributed by atoms with Crippen LogP contribution >= 0.6 is 0 Å². The minimum absolute atomic E-state index is 0.00639. The summed E-state index contributed by atoms with van der Waals surface area (Å²) in [6.07, 6.45) is 7.60. The number of rotatable bonds is 6. The van der Waals surface area contributed by atoms with Crippen LogP contribution in [0.2, 0.25) is 0 Å². The molecule has 0 bridgehead atoms. The maximum absolute atomic E-state index is 12.8. The Balaban J connectivity index is 1.43. The molecule has 5 nitrogen and oxygen atoms in total. The third-order valence-electron chi connectivity index (χ3n) is 4.24. The lowest BCUT2D eigenvalue weighted by Crippen LogP contribution is -2.23. The predicted molar refractivity (Wildman–Crippen MR) is 91.1 cm³/mol. The molecule has 1 aromatic carbocycles. The van der Waals surface area contributed by atoms with Crippen LogP contribution in [0, 0.1) is 5.82 Å². The zero-order valence-corrected chi connectivity index (χ0v) is 14.1. The van der Waals surface area contributed by atoms with Crippen LogP contribution in [-0.2, 0) is 22.5 Å². The molecule has 25 heavy (non-hydrogen) atoms. The van der Waals surface area contributed by atoms with Crippen molar-refractivity contribution < 1.29 is 13.9 Å². The fourth-order valence-corrected chi connectivity index (χ4v) is 2.76. The van der Waals surface area contributed by atoms with Crippen LogP contribution in [0.15, 0.2) is 36.7 Å². The molecule has 1 fully saturated rings. The smallest absolute Gasteiger partial charge is 0.220 e. The molecule has 0 aliphatic carbocycles. The van der Waals surface area contributed by atoms with Crippen molar-refractivity contribution in [2.75, 3.05) is 6.61 Å². The number of nitrogens with one attached hydrogen (secondary N) is 1. The highest BCUT2D eigenvalue weighted by molar-refractivity contribution is 5.76. The van der Waals surface area contributed by atoms with Gasteiger partial charge >= 0.3 is 0 Å². The quantitative estimate of drug-likeness (QED) is 0.875. The second-order valence-corrected chi connectivity index (χ2v) is 6.21. The molecule has 2 aromatic rings. The molecule has 3 rings (SSSR count). The number of hydrogen-bond acceptors (Lipinski definition) is 4. The van der Waals surface area contributed by atoms with Crippen molar-refractivity contribution in [2.24, 2.45) is 0 Å². The van der Waals surface area contributed by atoms with E-state index in [0.717, 1.165) is 37.0 Å². The number of amides is 1. The van der Waals surface area contributed by atoms with Gasteiger partial charge < -0.3 is 10.1 Å². The third kappa shape index (κ3) is 5.32. The molecule has 0 radical (unpaired) electrons. The summed E-state index contributed by atoms with van der Waals surface area (Å²) in [6.45, 7) is 1.16. The zero-order valence-electron chi connectivity index (χ0n) is 14.1. The van der Waals surface area contributed by atoms with Crippen molar-refractivity contribution in [3.63, 3.8) is 0 Å². The van der Waals surface area contributed by atoms with E-state index >= 15 is 0 Å². The molecule has 1 amide bonds. The number of carbonyl (C=O) groups is 1. The molecule has 0 saturated carbocycles. The first-order chi connectivity index (χ1) is 12.2. The second-order valence-electron chi connectivity index (χ2n) is 6.21. The van der Waals surface area contributed by atoms with E-state index in [1.807, 2.05) is 0 Å². The maximum Gasteiger partial charge on any atom is 0.220 e. The summed E-state index contributed by atoms with van der Waals surface area (Å²) < 4.78 is 18.5. The van der Waals surface area contributed by atoms with Gasteiger partial charge in [0.2, 0.25) is 5.91 Å². The SMILES string of the molecule is O=C(CCc1ccc(F)cc1)NCc1cnc(C2CCCCO2)nc1. The molecule has 132 valence electrons. The molecule has 2 heterocycles. The van der Waals surface area contributed by atoms with Gasteiger partial charge in [0.25, 0.3) is 0 Å². The molecule has 1 N–H and O–H groups in total. The molecule has 1 saturated heterocycles. The summed E-state index contributed by atoms with van der Waals surface area (Å²) in [7, 11) is 0. The molecular formula is C19H22FN3O2. The molecule has 6 heteroatoms. The summed E-state index contributed by atoms with van der Waals surface area (Å²) in [4.78, 5) is 20.6. The van der Waals surface area contributed by atoms with Crippen molar-refractivity contribution in [3.8, 4) is 0 Å². The van der Waals surface area contributed by atoms with Gasteiger partial charge in [-0.25, -0.2) is 14.4 Å². The summed E-state index contributed by atoms with van der Waals surface area (Å²) in [6, 6.07) is 6.20. The topological polar surface area (TPSA) is 64.1 Å². The Morgan fingerprint density at radius 1 is 1.16 bits per heavy atom. The minimum Gasteiger partial charge on any atom is -0.370 e. The molecule has 1 unspecified atom stereocenters. The Bertz CT molecular complexity index is 683. The van der Waals surface area contributed by atoms with Crippen LogP contribution in [0.1, 0.15) is 48.7 Å². The Morgan fingerprint density at radius 2 is 1.92 bits per heavy atom. The summed E-state index contributed by atoms with van der Waals surface area (Å²) in [5, 5.41) is 2.86. The van der Waals surface area contributed by atoms with Gasteiger partial charge in [0.05, 0.1) is 0 Å². The van der Waals surface area contributed by atoms with E-state index in [4.69, 9.17) is 4.74 Å². The number of ether oxygens (including phenoxy) is 1. The number of hydrogen-bond donors (Lipinski definition) is 1. The molecule has 1 atom stereocenters. The van der Waals surface area contributed by atoms with Crippen molar-refractivity contribution in [2.45, 2.75) is 44.8 Å². The van der Waals surface area contributed by atoms with Crippen LogP contribution in [0.5, 0.6) is 0 Å². The van der Waals surface area contributed by atoms with E-state index in [2.05, 4.69) is 15.3 Å². The van der Waals surface area contributed by atoms with Gasteiger partial charge in [0, 0.05) is 37.5 Å². The van der Waals surface area contributed by atoms with E-state index in [9.17, 15) is 9.18 Å². The largest absolute Gasteiger partial charge is 0.370 e. The van der Waals surface area contributed by atoms with Crippen molar-refractivity contribution >= 4 is 5.91 Å². The lowest BCUT2D eigenvalue weighted by Gasteiger charge is -2.21. The average Bonchev–Trinajstić information content (AvgIpc) is 2.67. The number of halogens is 1. The Morgan fingerprint density at radius 3 is 2.60 bits per heavy atom. The molecule has 1 aliphatic heterocycles. The van der Waals surface area contributed by atoms with E-state index in [1.54, 1.807) is 24.5 Å². The van der Waals surface area contributed by atoms with Crippen LogP contribution in [0.4, 0.5) is 4.39 Å². The maximum atomic E-state index is 12.8. The lowest BCUT2D eigenvalue weighted by atomic mass is 10.1. The number of aryl methyl sites for hydroxylation is 1.